The Labute approximate surface area is 225 Å². The molecule has 4 rings (SSSR count). The van der Waals surface area contributed by atoms with E-state index in [1.54, 1.807) is 13.2 Å². The van der Waals surface area contributed by atoms with Crippen molar-refractivity contribution < 1.29 is 14.2 Å². The van der Waals surface area contributed by atoms with Gasteiger partial charge in [0.1, 0.15) is 11.4 Å². The first kappa shape index (κ1) is 27.3. The highest BCUT2D eigenvalue weighted by Gasteiger charge is 2.13. The van der Waals surface area contributed by atoms with Crippen molar-refractivity contribution in [3.63, 3.8) is 0 Å². The second-order valence-corrected chi connectivity index (χ2v) is 9.97. The third-order valence-electron chi connectivity index (χ3n) is 5.96. The lowest BCUT2D eigenvalue weighted by Gasteiger charge is -2.11. The molecule has 0 fully saturated rings. The predicted octanol–water partition coefficient (Wildman–Crippen LogP) is 4.41. The van der Waals surface area contributed by atoms with Gasteiger partial charge in [-0.3, -0.25) is 9.59 Å². The minimum atomic E-state index is -0.439. The molecule has 0 aliphatic rings. The summed E-state index contributed by atoms with van der Waals surface area (Å²) >= 11 is 1.13. The Morgan fingerprint density at radius 1 is 0.921 bits per heavy atom. The molecule has 0 unspecified atom stereocenters. The number of nitrogens with zero attached hydrogens (tertiary/aromatic N) is 3. The summed E-state index contributed by atoms with van der Waals surface area (Å²) in [6.07, 6.45) is 7.45. The van der Waals surface area contributed by atoms with Crippen LogP contribution in [0.5, 0.6) is 17.2 Å². The molecular weight excluding hydrogens is 502 g/mol. The number of methoxy groups -OCH3 is 1. The van der Waals surface area contributed by atoms with E-state index in [-0.39, 0.29) is 22.6 Å². The van der Waals surface area contributed by atoms with Crippen LogP contribution in [0.25, 0.3) is 11.0 Å². The van der Waals surface area contributed by atoms with Gasteiger partial charge in [0.25, 0.3) is 11.1 Å². The Bertz CT molecular complexity index is 1530. The molecule has 0 aliphatic carbocycles. The molecule has 0 saturated carbocycles. The zero-order chi connectivity index (χ0) is 26.9. The number of ether oxygens (including phenoxy) is 3. The van der Waals surface area contributed by atoms with Gasteiger partial charge < -0.3 is 14.2 Å². The second-order valence-electron chi connectivity index (χ2n) is 8.96. The van der Waals surface area contributed by atoms with E-state index in [0.29, 0.717) is 29.2 Å². The number of unbranched alkanes of at least 4 members (excludes halogenated alkanes) is 3. The van der Waals surface area contributed by atoms with Gasteiger partial charge in [-0.2, -0.15) is 14.6 Å². The van der Waals surface area contributed by atoms with Crippen LogP contribution in [0, 0.1) is 0 Å². The Balaban J connectivity index is 1.56. The maximum Gasteiger partial charge on any atom is 0.296 e. The van der Waals surface area contributed by atoms with Gasteiger partial charge in [-0.25, -0.2) is 0 Å². The molecule has 0 N–H and O–H groups in total. The molecule has 4 aromatic rings. The van der Waals surface area contributed by atoms with Crippen molar-refractivity contribution in [1.82, 2.24) is 14.6 Å². The molecule has 0 saturated heterocycles. The summed E-state index contributed by atoms with van der Waals surface area (Å²) in [6.45, 7) is 5.51. The van der Waals surface area contributed by atoms with Gasteiger partial charge in [-0.15, -0.1) is 0 Å². The Kier molecular flexibility index (Phi) is 9.48. The van der Waals surface area contributed by atoms with Gasteiger partial charge in [0, 0.05) is 6.42 Å². The number of aromatic nitrogens is 3. The molecule has 2 aromatic heterocycles. The monoisotopic (exact) mass is 535 g/mol. The first-order chi connectivity index (χ1) is 18.5. The standard InChI is InChI=1S/C29H33N3O5S/c1-4-6-7-8-16-37-24-14-11-21(18-25(24)35-3)19-26-28(34)32-29(38-26)30-27(33)23(31-32)17-20-9-12-22(13-10-20)36-15-5-2/h9-14,18-19H,4-8,15-17H2,1-3H3/b26-19-. The van der Waals surface area contributed by atoms with E-state index in [9.17, 15) is 9.59 Å². The summed E-state index contributed by atoms with van der Waals surface area (Å²) in [5, 5.41) is 4.35. The predicted molar refractivity (Wildman–Crippen MR) is 150 cm³/mol. The van der Waals surface area contributed by atoms with Gasteiger partial charge >= 0.3 is 0 Å². The topological polar surface area (TPSA) is 92.0 Å². The molecule has 200 valence electrons. The van der Waals surface area contributed by atoms with E-state index in [2.05, 4.69) is 17.0 Å². The highest BCUT2D eigenvalue weighted by atomic mass is 32.1. The van der Waals surface area contributed by atoms with Gasteiger partial charge in [0.2, 0.25) is 4.96 Å². The van der Waals surface area contributed by atoms with Crippen LogP contribution in [0.2, 0.25) is 0 Å². The largest absolute Gasteiger partial charge is 0.494 e. The van der Waals surface area contributed by atoms with E-state index in [4.69, 9.17) is 14.2 Å². The van der Waals surface area contributed by atoms with Crippen LogP contribution in [-0.4, -0.2) is 34.9 Å². The van der Waals surface area contributed by atoms with Crippen molar-refractivity contribution in [1.29, 1.82) is 0 Å². The Morgan fingerprint density at radius 2 is 1.74 bits per heavy atom. The fraction of sp³-hybridized carbons (Fsp3) is 0.379. The highest BCUT2D eigenvalue weighted by molar-refractivity contribution is 7.15. The van der Waals surface area contributed by atoms with Crippen molar-refractivity contribution in [2.75, 3.05) is 20.3 Å². The summed E-state index contributed by atoms with van der Waals surface area (Å²) in [5.41, 5.74) is 1.11. The van der Waals surface area contributed by atoms with E-state index < -0.39 is 5.56 Å². The van der Waals surface area contributed by atoms with Crippen LogP contribution >= 0.6 is 11.3 Å². The van der Waals surface area contributed by atoms with Gasteiger partial charge in [-0.05, 0) is 54.3 Å². The average Bonchev–Trinajstić information content (AvgIpc) is 3.22. The molecule has 0 radical (unpaired) electrons. The van der Waals surface area contributed by atoms with Gasteiger partial charge in [0.15, 0.2) is 11.5 Å². The molecule has 0 bridgehead atoms. The Morgan fingerprint density at radius 3 is 2.47 bits per heavy atom. The van der Waals surface area contributed by atoms with E-state index in [1.165, 1.54) is 17.4 Å². The third kappa shape index (κ3) is 6.77. The molecule has 9 heteroatoms. The molecule has 8 nitrogen and oxygen atoms in total. The van der Waals surface area contributed by atoms with Crippen molar-refractivity contribution in [2.24, 2.45) is 0 Å². The highest BCUT2D eigenvalue weighted by Crippen LogP contribution is 2.28. The summed E-state index contributed by atoms with van der Waals surface area (Å²) in [4.78, 5) is 30.1. The lowest BCUT2D eigenvalue weighted by Crippen LogP contribution is -2.28. The first-order valence-electron chi connectivity index (χ1n) is 13.0. The quantitative estimate of drug-likeness (QED) is 0.234. The molecule has 0 atom stereocenters. The van der Waals surface area contributed by atoms with Crippen LogP contribution in [0.15, 0.2) is 52.1 Å². The van der Waals surface area contributed by atoms with Crippen molar-refractivity contribution >= 4 is 22.4 Å². The molecule has 0 aliphatic heterocycles. The minimum absolute atomic E-state index is 0.216. The minimum Gasteiger partial charge on any atom is -0.494 e. The fourth-order valence-electron chi connectivity index (χ4n) is 3.92. The van der Waals surface area contributed by atoms with Gasteiger partial charge in [-0.1, -0.05) is 62.6 Å². The number of thiazole rings is 1. The molecule has 38 heavy (non-hydrogen) atoms. The molecular formula is C29H33N3O5S. The van der Waals surface area contributed by atoms with Crippen LogP contribution in [-0.2, 0) is 6.42 Å². The van der Waals surface area contributed by atoms with Crippen LogP contribution in [0.4, 0.5) is 0 Å². The van der Waals surface area contributed by atoms with Crippen LogP contribution < -0.4 is 29.9 Å². The molecule has 0 spiro atoms. The summed E-state index contributed by atoms with van der Waals surface area (Å²) in [7, 11) is 1.59. The zero-order valence-corrected chi connectivity index (χ0v) is 22.9. The maximum absolute atomic E-state index is 13.1. The van der Waals surface area contributed by atoms with Crippen LogP contribution in [0.1, 0.15) is 62.8 Å². The number of fused-ring (bicyclic) bond motifs is 1. The Hall–Kier alpha value is -3.72. The smallest absolute Gasteiger partial charge is 0.296 e. The zero-order valence-electron chi connectivity index (χ0n) is 22.1. The van der Waals surface area contributed by atoms with E-state index in [1.807, 2.05) is 49.4 Å². The molecule has 0 amide bonds. The van der Waals surface area contributed by atoms with Crippen molar-refractivity contribution in [2.45, 2.75) is 52.4 Å². The summed E-state index contributed by atoms with van der Waals surface area (Å²) in [6, 6.07) is 13.0. The van der Waals surface area contributed by atoms with Crippen molar-refractivity contribution in [3.05, 3.63) is 84.5 Å². The van der Waals surface area contributed by atoms with Crippen molar-refractivity contribution in [3.8, 4) is 17.2 Å². The second kappa shape index (κ2) is 13.2. The SMILES string of the molecule is CCCCCCOc1ccc(/C=c2\sc3nc(=O)c(Cc4ccc(OCCC)cc4)nn3c2=O)cc1OC. The third-order valence-corrected chi connectivity index (χ3v) is 6.92. The number of rotatable bonds is 13. The molecule has 2 heterocycles. The number of benzene rings is 2. The number of hydrogen-bond acceptors (Lipinski definition) is 8. The lowest BCUT2D eigenvalue weighted by atomic mass is 10.1. The lowest BCUT2D eigenvalue weighted by molar-refractivity contribution is 0.285. The number of hydrogen-bond donors (Lipinski definition) is 0. The summed E-state index contributed by atoms with van der Waals surface area (Å²) in [5.74, 6) is 2.04. The molecule has 2 aromatic carbocycles. The van der Waals surface area contributed by atoms with Crippen LogP contribution in [0.3, 0.4) is 0 Å². The maximum atomic E-state index is 13.1. The fourth-order valence-corrected chi connectivity index (χ4v) is 4.83. The average molecular weight is 536 g/mol. The van der Waals surface area contributed by atoms with E-state index in [0.717, 1.165) is 47.5 Å². The van der Waals surface area contributed by atoms with Gasteiger partial charge in [0.05, 0.1) is 24.9 Å². The normalized spacial score (nSPS) is 11.7. The first-order valence-corrected chi connectivity index (χ1v) is 13.8. The summed E-state index contributed by atoms with van der Waals surface area (Å²) < 4.78 is 18.6. The van der Waals surface area contributed by atoms with E-state index >= 15 is 0 Å².